The van der Waals surface area contributed by atoms with Crippen LogP contribution in [-0.4, -0.2) is 14.7 Å². The number of nitro groups is 1. The monoisotopic (exact) mass is 232 g/mol. The summed E-state index contributed by atoms with van der Waals surface area (Å²) in [5.74, 6) is 0. The summed E-state index contributed by atoms with van der Waals surface area (Å²) in [6, 6.07) is 6.37. The van der Waals surface area contributed by atoms with E-state index in [0.29, 0.717) is 5.69 Å². The van der Waals surface area contributed by atoms with E-state index in [1.807, 2.05) is 20.2 Å². The minimum Gasteiger partial charge on any atom is -0.353 e. The molecular weight excluding hydrogens is 220 g/mol. The van der Waals surface area contributed by atoms with E-state index in [1.54, 1.807) is 16.8 Å². The van der Waals surface area contributed by atoms with Crippen LogP contribution >= 0.6 is 0 Å². The van der Waals surface area contributed by atoms with Crippen molar-refractivity contribution in [3.05, 3.63) is 46.3 Å². The van der Waals surface area contributed by atoms with E-state index in [-0.39, 0.29) is 5.69 Å². The summed E-state index contributed by atoms with van der Waals surface area (Å²) in [7, 11) is 1.83. The number of nitro benzene ring substituents is 1. The van der Waals surface area contributed by atoms with Crippen LogP contribution in [0.25, 0.3) is 0 Å². The molecule has 17 heavy (non-hydrogen) atoms. The number of benzene rings is 1. The molecule has 0 atom stereocenters. The van der Waals surface area contributed by atoms with E-state index in [0.717, 1.165) is 11.4 Å². The van der Waals surface area contributed by atoms with Crippen molar-refractivity contribution < 1.29 is 4.92 Å². The molecule has 2 aromatic rings. The van der Waals surface area contributed by atoms with Gasteiger partial charge in [0, 0.05) is 31.1 Å². The van der Waals surface area contributed by atoms with Gasteiger partial charge in [0.2, 0.25) is 0 Å². The maximum absolute atomic E-state index is 10.6. The van der Waals surface area contributed by atoms with E-state index in [2.05, 4.69) is 10.4 Å². The summed E-state index contributed by atoms with van der Waals surface area (Å²) in [4.78, 5) is 10.2. The third-order valence-corrected chi connectivity index (χ3v) is 2.35. The Morgan fingerprint density at radius 1 is 1.47 bits per heavy atom. The SMILES string of the molecule is Cc1nn(C)cc1Nc1cccc([N+](=O)[O-])c1. The molecule has 0 fully saturated rings. The second kappa shape index (κ2) is 4.25. The average Bonchev–Trinajstić information content (AvgIpc) is 2.58. The maximum Gasteiger partial charge on any atom is 0.271 e. The fraction of sp³-hybridized carbons (Fsp3) is 0.182. The zero-order valence-electron chi connectivity index (χ0n) is 9.54. The van der Waals surface area contributed by atoms with Crippen molar-refractivity contribution in [1.82, 2.24) is 9.78 Å². The van der Waals surface area contributed by atoms with Crippen molar-refractivity contribution in [1.29, 1.82) is 0 Å². The molecule has 1 aromatic carbocycles. The van der Waals surface area contributed by atoms with E-state index in [9.17, 15) is 10.1 Å². The Balaban J connectivity index is 2.27. The molecule has 0 radical (unpaired) electrons. The minimum absolute atomic E-state index is 0.0662. The number of nitrogens with zero attached hydrogens (tertiary/aromatic N) is 3. The van der Waals surface area contributed by atoms with Crippen LogP contribution in [0.5, 0.6) is 0 Å². The number of non-ortho nitro benzene ring substituents is 1. The van der Waals surface area contributed by atoms with Crippen molar-refractivity contribution in [2.24, 2.45) is 7.05 Å². The van der Waals surface area contributed by atoms with Crippen molar-refractivity contribution in [2.45, 2.75) is 6.92 Å². The Labute approximate surface area is 98.0 Å². The van der Waals surface area contributed by atoms with Crippen LogP contribution in [0, 0.1) is 17.0 Å². The number of anilines is 2. The van der Waals surface area contributed by atoms with Gasteiger partial charge < -0.3 is 5.32 Å². The Hall–Kier alpha value is -2.37. The molecule has 0 aliphatic heterocycles. The molecule has 0 aliphatic carbocycles. The molecule has 1 N–H and O–H groups in total. The Kier molecular flexibility index (Phi) is 2.78. The lowest BCUT2D eigenvalue weighted by Crippen LogP contribution is -1.93. The molecule has 6 heteroatoms. The fourth-order valence-electron chi connectivity index (χ4n) is 1.58. The summed E-state index contributed by atoms with van der Waals surface area (Å²) >= 11 is 0. The molecular formula is C11H12N4O2. The van der Waals surface area contributed by atoms with Gasteiger partial charge in [-0.05, 0) is 13.0 Å². The van der Waals surface area contributed by atoms with Gasteiger partial charge in [0.1, 0.15) is 0 Å². The lowest BCUT2D eigenvalue weighted by atomic mass is 10.2. The lowest BCUT2D eigenvalue weighted by Gasteiger charge is -2.03. The van der Waals surface area contributed by atoms with E-state index < -0.39 is 4.92 Å². The van der Waals surface area contributed by atoms with Crippen molar-refractivity contribution in [3.63, 3.8) is 0 Å². The van der Waals surface area contributed by atoms with Crippen LogP contribution in [0.1, 0.15) is 5.69 Å². The van der Waals surface area contributed by atoms with Crippen molar-refractivity contribution in [3.8, 4) is 0 Å². The summed E-state index contributed by atoms with van der Waals surface area (Å²) in [5.41, 5.74) is 2.43. The Morgan fingerprint density at radius 3 is 2.82 bits per heavy atom. The predicted molar refractivity (Wildman–Crippen MR) is 64.3 cm³/mol. The number of nitrogens with one attached hydrogen (secondary N) is 1. The van der Waals surface area contributed by atoms with Gasteiger partial charge in [0.25, 0.3) is 5.69 Å². The molecule has 1 heterocycles. The molecule has 0 aliphatic rings. The van der Waals surface area contributed by atoms with Crippen LogP contribution in [-0.2, 0) is 7.05 Å². The number of aryl methyl sites for hydroxylation is 2. The van der Waals surface area contributed by atoms with Crippen LogP contribution in [0.3, 0.4) is 0 Å². The molecule has 0 bridgehead atoms. The van der Waals surface area contributed by atoms with Gasteiger partial charge in [-0.2, -0.15) is 5.10 Å². The molecule has 0 saturated carbocycles. The zero-order valence-corrected chi connectivity index (χ0v) is 9.54. The fourth-order valence-corrected chi connectivity index (χ4v) is 1.58. The second-order valence-electron chi connectivity index (χ2n) is 3.73. The summed E-state index contributed by atoms with van der Waals surface area (Å²) in [6.07, 6.45) is 1.83. The van der Waals surface area contributed by atoms with Gasteiger partial charge in [0.15, 0.2) is 0 Å². The Morgan fingerprint density at radius 2 is 2.24 bits per heavy atom. The molecule has 0 amide bonds. The number of rotatable bonds is 3. The van der Waals surface area contributed by atoms with Gasteiger partial charge in [-0.3, -0.25) is 14.8 Å². The summed E-state index contributed by atoms with van der Waals surface area (Å²) in [6.45, 7) is 1.87. The molecule has 6 nitrogen and oxygen atoms in total. The highest BCUT2D eigenvalue weighted by molar-refractivity contribution is 5.63. The van der Waals surface area contributed by atoms with Gasteiger partial charge in [-0.1, -0.05) is 6.07 Å². The average molecular weight is 232 g/mol. The normalized spacial score (nSPS) is 10.2. The van der Waals surface area contributed by atoms with E-state index in [1.165, 1.54) is 12.1 Å². The largest absolute Gasteiger partial charge is 0.353 e. The molecule has 0 unspecified atom stereocenters. The lowest BCUT2D eigenvalue weighted by molar-refractivity contribution is -0.384. The smallest absolute Gasteiger partial charge is 0.271 e. The minimum atomic E-state index is -0.415. The van der Waals surface area contributed by atoms with Crippen LogP contribution < -0.4 is 5.32 Å². The summed E-state index contributed by atoms with van der Waals surface area (Å²) in [5, 5.41) is 17.9. The molecule has 0 spiro atoms. The number of aromatic nitrogens is 2. The third kappa shape index (κ3) is 2.41. The first kappa shape index (κ1) is 11.1. The maximum atomic E-state index is 10.6. The van der Waals surface area contributed by atoms with Gasteiger partial charge in [-0.15, -0.1) is 0 Å². The highest BCUT2D eigenvalue weighted by Gasteiger charge is 2.07. The molecule has 1 aromatic heterocycles. The molecule has 2 rings (SSSR count). The van der Waals surface area contributed by atoms with Crippen LogP contribution in [0.4, 0.5) is 17.1 Å². The first-order valence-corrected chi connectivity index (χ1v) is 5.08. The van der Waals surface area contributed by atoms with Crippen molar-refractivity contribution in [2.75, 3.05) is 5.32 Å². The summed E-state index contributed by atoms with van der Waals surface area (Å²) < 4.78 is 1.69. The van der Waals surface area contributed by atoms with Gasteiger partial charge in [0.05, 0.1) is 16.3 Å². The highest BCUT2D eigenvalue weighted by Crippen LogP contribution is 2.22. The van der Waals surface area contributed by atoms with E-state index in [4.69, 9.17) is 0 Å². The number of hydrogen-bond donors (Lipinski definition) is 1. The van der Waals surface area contributed by atoms with Gasteiger partial charge >= 0.3 is 0 Å². The Bertz CT molecular complexity index is 562. The standard InChI is InChI=1S/C11H12N4O2/c1-8-11(7-14(2)13-8)12-9-4-3-5-10(6-9)15(16)17/h3-7,12H,1-2H3. The van der Waals surface area contributed by atoms with Crippen molar-refractivity contribution >= 4 is 17.1 Å². The zero-order chi connectivity index (χ0) is 12.4. The molecule has 88 valence electrons. The molecule has 0 saturated heterocycles. The number of hydrogen-bond acceptors (Lipinski definition) is 4. The first-order chi connectivity index (χ1) is 8.06. The quantitative estimate of drug-likeness (QED) is 0.651. The topological polar surface area (TPSA) is 73.0 Å². The predicted octanol–water partition coefficient (Wildman–Crippen LogP) is 2.38. The van der Waals surface area contributed by atoms with Gasteiger partial charge in [-0.25, -0.2) is 0 Å². The third-order valence-electron chi connectivity index (χ3n) is 2.35. The van der Waals surface area contributed by atoms with E-state index >= 15 is 0 Å². The van der Waals surface area contributed by atoms with Crippen LogP contribution in [0.2, 0.25) is 0 Å². The highest BCUT2D eigenvalue weighted by atomic mass is 16.6. The second-order valence-corrected chi connectivity index (χ2v) is 3.73. The van der Waals surface area contributed by atoms with Crippen LogP contribution in [0.15, 0.2) is 30.5 Å². The first-order valence-electron chi connectivity index (χ1n) is 5.08.